The summed E-state index contributed by atoms with van der Waals surface area (Å²) in [7, 11) is 0. The van der Waals surface area contributed by atoms with Gasteiger partial charge in [-0.05, 0) is 18.4 Å². The van der Waals surface area contributed by atoms with Crippen LogP contribution in [0, 0.1) is 21.7 Å². The van der Waals surface area contributed by atoms with E-state index in [9.17, 15) is 18.9 Å². The van der Waals surface area contributed by atoms with Crippen molar-refractivity contribution in [1.82, 2.24) is 0 Å². The summed E-state index contributed by atoms with van der Waals surface area (Å²) < 4.78 is 27.3. The number of rotatable bonds is 4. The maximum absolute atomic E-state index is 13.7. The van der Waals surface area contributed by atoms with Crippen molar-refractivity contribution in [3.8, 4) is 0 Å². The van der Waals surface area contributed by atoms with Crippen LogP contribution in [0.4, 0.5) is 20.2 Å². The standard InChI is InChI=1S/C12H10F2N2O2S/c1-7(11-3-2-4-19-11)15-12-9(13)5-8(16(17)18)6-10(12)14/h2-7,15H,1H3. The Balaban J connectivity index is 2.28. The fourth-order valence-corrected chi connectivity index (χ4v) is 2.36. The smallest absolute Gasteiger partial charge is 0.275 e. The van der Waals surface area contributed by atoms with Gasteiger partial charge in [0, 0.05) is 4.88 Å². The van der Waals surface area contributed by atoms with Gasteiger partial charge in [-0.15, -0.1) is 11.3 Å². The van der Waals surface area contributed by atoms with Crippen molar-refractivity contribution in [2.75, 3.05) is 5.32 Å². The van der Waals surface area contributed by atoms with Crippen molar-refractivity contribution in [1.29, 1.82) is 0 Å². The molecular formula is C12H10F2N2O2S. The van der Waals surface area contributed by atoms with Gasteiger partial charge in [0.15, 0.2) is 11.6 Å². The lowest BCUT2D eigenvalue weighted by Crippen LogP contribution is -2.08. The van der Waals surface area contributed by atoms with E-state index in [4.69, 9.17) is 0 Å². The van der Waals surface area contributed by atoms with Crippen LogP contribution in [0.1, 0.15) is 17.8 Å². The molecule has 4 nitrogen and oxygen atoms in total. The second kappa shape index (κ2) is 5.31. The van der Waals surface area contributed by atoms with Gasteiger partial charge in [-0.3, -0.25) is 10.1 Å². The molecule has 0 saturated carbocycles. The predicted molar refractivity (Wildman–Crippen MR) is 69.4 cm³/mol. The quantitative estimate of drug-likeness (QED) is 0.679. The summed E-state index contributed by atoms with van der Waals surface area (Å²) in [5.41, 5.74) is -0.962. The van der Waals surface area contributed by atoms with Gasteiger partial charge in [-0.2, -0.15) is 0 Å². The Morgan fingerprint density at radius 2 is 2.00 bits per heavy atom. The van der Waals surface area contributed by atoms with Crippen LogP contribution in [-0.4, -0.2) is 4.92 Å². The van der Waals surface area contributed by atoms with Crippen LogP contribution in [0.3, 0.4) is 0 Å². The van der Waals surface area contributed by atoms with E-state index in [0.29, 0.717) is 12.1 Å². The Bertz CT molecular complexity index is 579. The minimum absolute atomic E-state index is 0.287. The second-order valence-corrected chi connectivity index (χ2v) is 4.90. The van der Waals surface area contributed by atoms with Crippen molar-refractivity contribution < 1.29 is 13.7 Å². The molecule has 0 aliphatic heterocycles. The van der Waals surface area contributed by atoms with Gasteiger partial charge in [0.2, 0.25) is 0 Å². The van der Waals surface area contributed by atoms with Crippen LogP contribution in [0.25, 0.3) is 0 Å². The molecule has 1 unspecified atom stereocenters. The van der Waals surface area contributed by atoms with Crippen molar-refractivity contribution >= 4 is 22.7 Å². The molecule has 2 rings (SSSR count). The SMILES string of the molecule is CC(Nc1c(F)cc([N+](=O)[O-])cc1F)c1cccs1. The number of hydrogen-bond acceptors (Lipinski definition) is 4. The van der Waals surface area contributed by atoms with E-state index in [-0.39, 0.29) is 11.7 Å². The van der Waals surface area contributed by atoms with Crippen LogP contribution in [0.5, 0.6) is 0 Å². The lowest BCUT2D eigenvalue weighted by Gasteiger charge is -2.14. The molecule has 0 amide bonds. The summed E-state index contributed by atoms with van der Waals surface area (Å²) in [6.45, 7) is 1.76. The first-order valence-electron chi connectivity index (χ1n) is 5.42. The highest BCUT2D eigenvalue weighted by atomic mass is 32.1. The van der Waals surface area contributed by atoms with E-state index in [0.717, 1.165) is 4.88 Å². The van der Waals surface area contributed by atoms with E-state index in [2.05, 4.69) is 5.32 Å². The third kappa shape index (κ3) is 2.87. The molecular weight excluding hydrogens is 274 g/mol. The highest BCUT2D eigenvalue weighted by Crippen LogP contribution is 2.29. The van der Waals surface area contributed by atoms with E-state index < -0.39 is 22.2 Å². The van der Waals surface area contributed by atoms with Gasteiger partial charge in [-0.1, -0.05) is 6.07 Å². The van der Waals surface area contributed by atoms with Gasteiger partial charge in [-0.25, -0.2) is 8.78 Å². The molecule has 1 atom stereocenters. The predicted octanol–water partition coefficient (Wildman–Crippen LogP) is 4.11. The number of nitro benzene ring substituents is 1. The first-order chi connectivity index (χ1) is 8.99. The number of thiophene rings is 1. The number of anilines is 1. The number of nitro groups is 1. The molecule has 1 aromatic carbocycles. The van der Waals surface area contributed by atoms with Crippen LogP contribution in [0.15, 0.2) is 29.6 Å². The normalized spacial score (nSPS) is 12.2. The Morgan fingerprint density at radius 3 is 2.47 bits per heavy atom. The molecule has 0 saturated heterocycles. The Labute approximate surface area is 111 Å². The number of halogens is 2. The van der Waals surface area contributed by atoms with E-state index >= 15 is 0 Å². The first-order valence-corrected chi connectivity index (χ1v) is 6.30. The fraction of sp³-hybridized carbons (Fsp3) is 0.167. The van der Waals surface area contributed by atoms with Crippen molar-refractivity contribution in [2.24, 2.45) is 0 Å². The number of benzene rings is 1. The molecule has 19 heavy (non-hydrogen) atoms. The summed E-state index contributed by atoms with van der Waals surface area (Å²) in [5.74, 6) is -1.95. The van der Waals surface area contributed by atoms with Crippen molar-refractivity contribution in [3.05, 3.63) is 56.3 Å². The highest BCUT2D eigenvalue weighted by Gasteiger charge is 2.19. The summed E-state index contributed by atoms with van der Waals surface area (Å²) in [6.07, 6.45) is 0. The Hall–Kier alpha value is -2.02. The number of nitrogens with zero attached hydrogens (tertiary/aromatic N) is 1. The molecule has 0 fully saturated rings. The van der Waals surface area contributed by atoms with Gasteiger partial charge in [0.05, 0.1) is 23.1 Å². The van der Waals surface area contributed by atoms with Crippen LogP contribution in [-0.2, 0) is 0 Å². The molecule has 0 aliphatic rings. The zero-order chi connectivity index (χ0) is 14.0. The zero-order valence-corrected chi connectivity index (χ0v) is 10.7. The third-order valence-electron chi connectivity index (χ3n) is 2.57. The average Bonchev–Trinajstić information content (AvgIpc) is 2.86. The van der Waals surface area contributed by atoms with E-state index in [1.54, 1.807) is 6.92 Å². The minimum atomic E-state index is -0.977. The lowest BCUT2D eigenvalue weighted by atomic mass is 10.2. The molecule has 0 spiro atoms. The molecule has 7 heteroatoms. The summed E-state index contributed by atoms with van der Waals surface area (Å²) in [5, 5.41) is 15.0. The number of non-ortho nitro benzene ring substituents is 1. The third-order valence-corrected chi connectivity index (χ3v) is 3.62. The summed E-state index contributed by atoms with van der Waals surface area (Å²) >= 11 is 1.45. The van der Waals surface area contributed by atoms with Crippen LogP contribution >= 0.6 is 11.3 Å². The largest absolute Gasteiger partial charge is 0.373 e. The van der Waals surface area contributed by atoms with Gasteiger partial charge < -0.3 is 5.32 Å². The van der Waals surface area contributed by atoms with E-state index in [1.165, 1.54) is 11.3 Å². The molecule has 1 heterocycles. The molecule has 0 radical (unpaired) electrons. The summed E-state index contributed by atoms with van der Waals surface area (Å²) in [4.78, 5) is 10.6. The average molecular weight is 284 g/mol. The molecule has 1 N–H and O–H groups in total. The van der Waals surface area contributed by atoms with Crippen molar-refractivity contribution in [3.63, 3.8) is 0 Å². The first kappa shape index (κ1) is 13.4. The van der Waals surface area contributed by atoms with Crippen molar-refractivity contribution in [2.45, 2.75) is 13.0 Å². The molecule has 1 aromatic heterocycles. The van der Waals surface area contributed by atoms with E-state index in [1.807, 2.05) is 17.5 Å². The Kier molecular flexibility index (Phi) is 3.75. The molecule has 100 valence electrons. The fourth-order valence-electron chi connectivity index (χ4n) is 1.63. The molecule has 0 bridgehead atoms. The lowest BCUT2D eigenvalue weighted by molar-refractivity contribution is -0.385. The maximum atomic E-state index is 13.7. The van der Waals surface area contributed by atoms with Crippen LogP contribution in [0.2, 0.25) is 0 Å². The second-order valence-electron chi connectivity index (χ2n) is 3.92. The maximum Gasteiger partial charge on any atom is 0.275 e. The zero-order valence-electron chi connectivity index (χ0n) is 9.89. The monoisotopic (exact) mass is 284 g/mol. The van der Waals surface area contributed by atoms with Gasteiger partial charge >= 0.3 is 0 Å². The van der Waals surface area contributed by atoms with Gasteiger partial charge in [0.25, 0.3) is 5.69 Å². The number of nitrogens with one attached hydrogen (secondary N) is 1. The minimum Gasteiger partial charge on any atom is -0.373 e. The van der Waals surface area contributed by atoms with Gasteiger partial charge in [0.1, 0.15) is 5.69 Å². The van der Waals surface area contributed by atoms with Crippen LogP contribution < -0.4 is 5.32 Å². The topological polar surface area (TPSA) is 55.2 Å². The highest BCUT2D eigenvalue weighted by molar-refractivity contribution is 7.10. The number of hydrogen-bond donors (Lipinski definition) is 1. The molecule has 2 aromatic rings. The Morgan fingerprint density at radius 1 is 1.37 bits per heavy atom. The summed E-state index contributed by atoms with van der Waals surface area (Å²) in [6, 6.07) is 4.79. The molecule has 0 aliphatic carbocycles.